The minimum absolute atomic E-state index is 0.152. The summed E-state index contributed by atoms with van der Waals surface area (Å²) in [6.07, 6.45) is 4.30. The Morgan fingerprint density at radius 2 is 1.76 bits per heavy atom. The van der Waals surface area contributed by atoms with Gasteiger partial charge in [0.2, 0.25) is 11.9 Å². The Labute approximate surface area is 203 Å². The Morgan fingerprint density at radius 3 is 2.50 bits per heavy atom. The van der Waals surface area contributed by atoms with Crippen LogP contribution in [0.2, 0.25) is 0 Å². The van der Waals surface area contributed by atoms with Gasteiger partial charge in [-0.1, -0.05) is 41.6 Å². The number of hydrogen-bond donors (Lipinski definition) is 2. The van der Waals surface area contributed by atoms with Crippen molar-refractivity contribution in [3.63, 3.8) is 0 Å². The largest absolute Gasteiger partial charge is 0.349 e. The predicted octanol–water partition coefficient (Wildman–Crippen LogP) is 3.80. The van der Waals surface area contributed by atoms with Crippen LogP contribution in [0.3, 0.4) is 0 Å². The van der Waals surface area contributed by atoms with Gasteiger partial charge in [0.25, 0.3) is 5.91 Å². The first-order chi connectivity index (χ1) is 16.6. The Hall–Kier alpha value is -3.33. The van der Waals surface area contributed by atoms with Gasteiger partial charge in [0.05, 0.1) is 22.7 Å². The van der Waals surface area contributed by atoms with Gasteiger partial charge in [-0.25, -0.2) is 0 Å². The zero-order valence-electron chi connectivity index (χ0n) is 19.2. The summed E-state index contributed by atoms with van der Waals surface area (Å²) in [5.74, 6) is 0.618. The summed E-state index contributed by atoms with van der Waals surface area (Å²) in [6, 6.07) is 15.6. The number of thioether (sulfide) groups is 1. The van der Waals surface area contributed by atoms with Gasteiger partial charge in [0, 0.05) is 19.1 Å². The number of carbonyl (C=O) groups is 2. The highest BCUT2D eigenvalue weighted by atomic mass is 32.2. The number of nitrogens with one attached hydrogen (secondary N) is 2. The molecule has 34 heavy (non-hydrogen) atoms. The predicted molar refractivity (Wildman–Crippen MR) is 134 cm³/mol. The van der Waals surface area contributed by atoms with Crippen LogP contribution in [0.15, 0.2) is 53.7 Å². The molecule has 5 rings (SSSR count). The third-order valence-electron chi connectivity index (χ3n) is 5.99. The number of anilines is 2. The van der Waals surface area contributed by atoms with Gasteiger partial charge in [-0.05, 0) is 56.9 Å². The van der Waals surface area contributed by atoms with E-state index in [0.717, 1.165) is 50.4 Å². The molecule has 1 saturated heterocycles. The quantitative estimate of drug-likeness (QED) is 0.481. The van der Waals surface area contributed by atoms with Crippen LogP contribution in [-0.2, 0) is 4.79 Å². The van der Waals surface area contributed by atoms with Crippen molar-refractivity contribution >= 4 is 35.2 Å². The molecule has 176 valence electrons. The summed E-state index contributed by atoms with van der Waals surface area (Å²) in [6.45, 7) is 3.96. The number of benzene rings is 2. The van der Waals surface area contributed by atoms with Crippen molar-refractivity contribution < 1.29 is 9.59 Å². The number of hydrogen-bond acceptors (Lipinski definition) is 6. The number of para-hydroxylation sites is 1. The maximum Gasteiger partial charge on any atom is 0.253 e. The fraction of sp³-hybridized carbons (Fsp3) is 0.360. The fourth-order valence-corrected chi connectivity index (χ4v) is 4.74. The van der Waals surface area contributed by atoms with E-state index in [4.69, 9.17) is 0 Å². The maximum atomic E-state index is 12.8. The molecule has 0 bridgehead atoms. The van der Waals surface area contributed by atoms with Crippen molar-refractivity contribution in [3.8, 4) is 5.69 Å². The fourth-order valence-electron chi connectivity index (χ4n) is 3.99. The van der Waals surface area contributed by atoms with Gasteiger partial charge < -0.3 is 15.5 Å². The first-order valence-corrected chi connectivity index (χ1v) is 12.7. The highest BCUT2D eigenvalue weighted by molar-refractivity contribution is 7.99. The molecule has 1 saturated carbocycles. The first-order valence-electron chi connectivity index (χ1n) is 11.7. The van der Waals surface area contributed by atoms with E-state index in [-0.39, 0.29) is 23.6 Å². The molecule has 0 atom stereocenters. The van der Waals surface area contributed by atoms with E-state index >= 15 is 0 Å². The molecule has 2 amide bonds. The van der Waals surface area contributed by atoms with Crippen LogP contribution in [-0.4, -0.2) is 51.5 Å². The zero-order valence-corrected chi connectivity index (χ0v) is 20.0. The second-order valence-electron chi connectivity index (χ2n) is 8.78. The SMILES string of the molecule is Cc1ccc(-n2c(SCC(=O)Nc3ccccc3C(=O)NC3CC3)nnc2N2CCCC2)cc1. The smallest absolute Gasteiger partial charge is 0.253 e. The Bertz CT molecular complexity index is 1180. The Morgan fingerprint density at radius 1 is 1.03 bits per heavy atom. The van der Waals surface area contributed by atoms with Crippen molar-refractivity contribution in [1.29, 1.82) is 0 Å². The van der Waals surface area contributed by atoms with E-state index in [1.807, 2.05) is 10.6 Å². The molecule has 9 heteroatoms. The molecule has 0 unspecified atom stereocenters. The summed E-state index contributed by atoms with van der Waals surface area (Å²) in [4.78, 5) is 27.6. The van der Waals surface area contributed by atoms with Crippen LogP contribution < -0.4 is 15.5 Å². The highest BCUT2D eigenvalue weighted by Crippen LogP contribution is 2.29. The number of nitrogens with zero attached hydrogens (tertiary/aromatic N) is 4. The van der Waals surface area contributed by atoms with E-state index < -0.39 is 0 Å². The van der Waals surface area contributed by atoms with Gasteiger partial charge in [-0.3, -0.25) is 14.2 Å². The second kappa shape index (κ2) is 9.89. The minimum Gasteiger partial charge on any atom is -0.349 e. The standard InChI is InChI=1S/C25H28N6O2S/c1-17-8-12-19(13-9-17)31-24(30-14-4-5-15-30)28-29-25(31)34-16-22(32)27-21-7-3-2-6-20(21)23(33)26-18-10-11-18/h2-3,6-9,12-13,18H,4-5,10-11,14-16H2,1H3,(H,26,33)(H,27,32). The lowest BCUT2D eigenvalue weighted by atomic mass is 10.1. The number of amides is 2. The average Bonchev–Trinajstić information content (AvgIpc) is 3.31. The third kappa shape index (κ3) is 5.09. The minimum atomic E-state index is -0.196. The molecule has 2 heterocycles. The summed E-state index contributed by atoms with van der Waals surface area (Å²) < 4.78 is 2.03. The van der Waals surface area contributed by atoms with E-state index in [9.17, 15) is 9.59 Å². The lowest BCUT2D eigenvalue weighted by Gasteiger charge is -2.18. The molecular weight excluding hydrogens is 448 g/mol. The summed E-state index contributed by atoms with van der Waals surface area (Å²) in [5, 5.41) is 15.4. The lowest BCUT2D eigenvalue weighted by molar-refractivity contribution is -0.113. The molecule has 1 aromatic heterocycles. The lowest BCUT2D eigenvalue weighted by Crippen LogP contribution is -2.27. The second-order valence-corrected chi connectivity index (χ2v) is 9.72. The molecule has 2 fully saturated rings. The number of aromatic nitrogens is 3. The summed E-state index contributed by atoms with van der Waals surface area (Å²) >= 11 is 1.34. The van der Waals surface area contributed by atoms with E-state index in [1.165, 1.54) is 17.3 Å². The molecule has 1 aliphatic carbocycles. The number of rotatable bonds is 8. The number of aryl methyl sites for hydroxylation is 1. The monoisotopic (exact) mass is 476 g/mol. The van der Waals surface area contributed by atoms with Gasteiger partial charge in [0.15, 0.2) is 5.16 Å². The van der Waals surface area contributed by atoms with Crippen LogP contribution in [0.25, 0.3) is 5.69 Å². The molecule has 3 aromatic rings. The molecule has 1 aliphatic heterocycles. The van der Waals surface area contributed by atoms with Crippen LogP contribution in [0, 0.1) is 6.92 Å². The van der Waals surface area contributed by atoms with Crippen LogP contribution in [0.1, 0.15) is 41.6 Å². The molecular formula is C25H28N6O2S. The van der Waals surface area contributed by atoms with Crippen molar-refractivity contribution in [2.24, 2.45) is 0 Å². The zero-order chi connectivity index (χ0) is 23.5. The topological polar surface area (TPSA) is 92.2 Å². The van der Waals surface area contributed by atoms with E-state index in [2.05, 4.69) is 56.9 Å². The third-order valence-corrected chi connectivity index (χ3v) is 6.92. The van der Waals surface area contributed by atoms with Gasteiger partial charge in [-0.2, -0.15) is 0 Å². The normalized spacial score (nSPS) is 15.4. The number of carbonyl (C=O) groups excluding carboxylic acids is 2. The first kappa shape index (κ1) is 22.5. The van der Waals surface area contributed by atoms with Gasteiger partial charge >= 0.3 is 0 Å². The van der Waals surface area contributed by atoms with Crippen LogP contribution in [0.4, 0.5) is 11.6 Å². The van der Waals surface area contributed by atoms with E-state index in [1.54, 1.807) is 18.2 Å². The van der Waals surface area contributed by atoms with Crippen molar-refractivity contribution in [1.82, 2.24) is 20.1 Å². The maximum absolute atomic E-state index is 12.8. The molecule has 2 aromatic carbocycles. The Kier molecular flexibility index (Phi) is 6.53. The van der Waals surface area contributed by atoms with Gasteiger partial charge in [0.1, 0.15) is 0 Å². The Balaban J connectivity index is 1.31. The van der Waals surface area contributed by atoms with Crippen molar-refractivity contribution in [3.05, 3.63) is 59.7 Å². The van der Waals surface area contributed by atoms with Crippen LogP contribution >= 0.6 is 11.8 Å². The molecule has 0 spiro atoms. The summed E-state index contributed by atoms with van der Waals surface area (Å²) in [5.41, 5.74) is 3.15. The average molecular weight is 477 g/mol. The van der Waals surface area contributed by atoms with Crippen molar-refractivity contribution in [2.75, 3.05) is 29.1 Å². The molecule has 0 radical (unpaired) electrons. The molecule has 2 N–H and O–H groups in total. The highest BCUT2D eigenvalue weighted by Gasteiger charge is 2.26. The van der Waals surface area contributed by atoms with Gasteiger partial charge in [-0.15, -0.1) is 10.2 Å². The van der Waals surface area contributed by atoms with Crippen molar-refractivity contribution in [2.45, 2.75) is 43.8 Å². The summed E-state index contributed by atoms with van der Waals surface area (Å²) in [7, 11) is 0. The molecule has 2 aliphatic rings. The molecule has 8 nitrogen and oxygen atoms in total. The van der Waals surface area contributed by atoms with E-state index in [0.29, 0.717) is 16.4 Å². The van der Waals surface area contributed by atoms with Crippen LogP contribution in [0.5, 0.6) is 0 Å².